The standard InChI is InChI=1S/C14H23NO3S2/c1-12(11-14-6-4-9-19-14)15(2)20(16,17)10-7-13-5-3-8-18-13/h4,6,9,12-13H,3,5,7-8,10-11H2,1-2H3/t12-,13-/m1/s1. The summed E-state index contributed by atoms with van der Waals surface area (Å²) < 4.78 is 31.7. The molecule has 1 fully saturated rings. The van der Waals surface area contributed by atoms with Gasteiger partial charge in [0, 0.05) is 24.6 Å². The van der Waals surface area contributed by atoms with Crippen LogP contribution in [0.4, 0.5) is 0 Å². The van der Waals surface area contributed by atoms with Crippen molar-refractivity contribution in [3.05, 3.63) is 22.4 Å². The first kappa shape index (κ1) is 15.9. The smallest absolute Gasteiger partial charge is 0.214 e. The van der Waals surface area contributed by atoms with Gasteiger partial charge in [-0.3, -0.25) is 0 Å². The van der Waals surface area contributed by atoms with Crippen molar-refractivity contribution in [1.29, 1.82) is 0 Å². The van der Waals surface area contributed by atoms with E-state index in [1.165, 1.54) is 9.18 Å². The van der Waals surface area contributed by atoms with Crippen molar-refractivity contribution >= 4 is 21.4 Å². The van der Waals surface area contributed by atoms with E-state index >= 15 is 0 Å². The van der Waals surface area contributed by atoms with Crippen molar-refractivity contribution in [2.45, 2.75) is 44.8 Å². The molecule has 0 saturated carbocycles. The second-order valence-corrected chi connectivity index (χ2v) is 8.57. The maximum atomic E-state index is 12.3. The number of thiophene rings is 1. The fourth-order valence-corrected chi connectivity index (χ4v) is 4.72. The van der Waals surface area contributed by atoms with Crippen molar-refractivity contribution in [2.24, 2.45) is 0 Å². The molecule has 0 bridgehead atoms. The van der Waals surface area contributed by atoms with Crippen molar-refractivity contribution < 1.29 is 13.2 Å². The van der Waals surface area contributed by atoms with Crippen LogP contribution in [-0.2, 0) is 21.2 Å². The van der Waals surface area contributed by atoms with Crippen LogP contribution in [0, 0.1) is 0 Å². The Hall–Kier alpha value is -0.430. The molecule has 2 rings (SSSR count). The van der Waals surface area contributed by atoms with Crippen LogP contribution < -0.4 is 0 Å². The van der Waals surface area contributed by atoms with Crippen LogP contribution in [0.1, 0.15) is 31.1 Å². The normalized spacial score (nSPS) is 21.4. The van der Waals surface area contributed by atoms with Gasteiger partial charge >= 0.3 is 0 Å². The molecular weight excluding hydrogens is 294 g/mol. The van der Waals surface area contributed by atoms with Gasteiger partial charge in [-0.25, -0.2) is 12.7 Å². The Morgan fingerprint density at radius 1 is 1.55 bits per heavy atom. The zero-order valence-electron chi connectivity index (χ0n) is 12.1. The molecule has 2 heterocycles. The first-order chi connectivity index (χ1) is 9.49. The summed E-state index contributed by atoms with van der Waals surface area (Å²) in [4.78, 5) is 1.22. The van der Waals surface area contributed by atoms with Crippen LogP contribution in [0.5, 0.6) is 0 Å². The fourth-order valence-electron chi connectivity index (χ4n) is 2.42. The largest absolute Gasteiger partial charge is 0.378 e. The predicted molar refractivity (Wildman–Crippen MR) is 82.6 cm³/mol. The SMILES string of the molecule is C[C@H](Cc1cccs1)N(C)S(=O)(=O)CC[C@H]1CCCO1. The van der Waals surface area contributed by atoms with Gasteiger partial charge in [-0.1, -0.05) is 6.07 Å². The maximum Gasteiger partial charge on any atom is 0.214 e. The maximum absolute atomic E-state index is 12.3. The molecule has 1 saturated heterocycles. The second kappa shape index (κ2) is 7.02. The third kappa shape index (κ3) is 4.28. The van der Waals surface area contributed by atoms with Gasteiger partial charge in [-0.2, -0.15) is 0 Å². The molecule has 0 aliphatic carbocycles. The van der Waals surface area contributed by atoms with E-state index in [-0.39, 0.29) is 17.9 Å². The van der Waals surface area contributed by atoms with Gasteiger partial charge < -0.3 is 4.74 Å². The Labute approximate surface area is 125 Å². The van der Waals surface area contributed by atoms with E-state index in [1.54, 1.807) is 18.4 Å². The topological polar surface area (TPSA) is 46.6 Å². The van der Waals surface area contributed by atoms with Crippen molar-refractivity contribution in [2.75, 3.05) is 19.4 Å². The van der Waals surface area contributed by atoms with Crippen molar-refractivity contribution in [3.63, 3.8) is 0 Å². The van der Waals surface area contributed by atoms with Crippen LogP contribution in [0.25, 0.3) is 0 Å². The molecule has 0 amide bonds. The van der Waals surface area contributed by atoms with Gasteiger partial charge in [0.05, 0.1) is 11.9 Å². The van der Waals surface area contributed by atoms with Gasteiger partial charge in [0.2, 0.25) is 10.0 Å². The summed E-state index contributed by atoms with van der Waals surface area (Å²) in [6.07, 6.45) is 3.55. The monoisotopic (exact) mass is 317 g/mol. The summed E-state index contributed by atoms with van der Waals surface area (Å²) in [5.41, 5.74) is 0. The molecule has 0 aromatic carbocycles. The van der Waals surface area contributed by atoms with Gasteiger partial charge in [0.15, 0.2) is 0 Å². The predicted octanol–water partition coefficient (Wildman–Crippen LogP) is 2.51. The lowest BCUT2D eigenvalue weighted by atomic mass is 10.2. The quantitative estimate of drug-likeness (QED) is 0.776. The molecule has 114 valence electrons. The Bertz CT molecular complexity index is 492. The van der Waals surface area contributed by atoms with E-state index < -0.39 is 10.0 Å². The molecule has 0 spiro atoms. The molecule has 1 aromatic rings. The molecule has 4 nitrogen and oxygen atoms in total. The summed E-state index contributed by atoms with van der Waals surface area (Å²) in [7, 11) is -1.51. The first-order valence-corrected chi connectivity index (χ1v) is 9.57. The summed E-state index contributed by atoms with van der Waals surface area (Å²) >= 11 is 1.67. The molecule has 0 radical (unpaired) electrons. The Balaban J connectivity index is 1.86. The first-order valence-electron chi connectivity index (χ1n) is 7.09. The highest BCUT2D eigenvalue weighted by Crippen LogP contribution is 2.19. The number of likely N-dealkylation sites (N-methyl/N-ethyl adjacent to an activating group) is 1. The summed E-state index contributed by atoms with van der Waals surface area (Å²) in [5.74, 6) is 0.183. The number of hydrogen-bond acceptors (Lipinski definition) is 4. The average Bonchev–Trinajstić information content (AvgIpc) is 3.08. The zero-order chi connectivity index (χ0) is 14.6. The van der Waals surface area contributed by atoms with Crippen LogP contribution in [0.2, 0.25) is 0 Å². The highest BCUT2D eigenvalue weighted by molar-refractivity contribution is 7.89. The van der Waals surface area contributed by atoms with Crippen LogP contribution in [-0.4, -0.2) is 44.3 Å². The highest BCUT2D eigenvalue weighted by atomic mass is 32.2. The van der Waals surface area contributed by atoms with E-state index in [9.17, 15) is 8.42 Å². The average molecular weight is 317 g/mol. The molecule has 0 unspecified atom stereocenters. The number of ether oxygens (including phenoxy) is 1. The lowest BCUT2D eigenvalue weighted by Crippen LogP contribution is -2.38. The second-order valence-electron chi connectivity index (χ2n) is 5.39. The van der Waals surface area contributed by atoms with Crippen LogP contribution in [0.15, 0.2) is 17.5 Å². The van der Waals surface area contributed by atoms with E-state index in [0.717, 1.165) is 25.9 Å². The molecule has 1 aliphatic rings. The van der Waals surface area contributed by atoms with Gasteiger partial charge in [-0.15, -0.1) is 11.3 Å². The molecule has 2 atom stereocenters. The van der Waals surface area contributed by atoms with Crippen molar-refractivity contribution in [1.82, 2.24) is 4.31 Å². The number of nitrogens with zero attached hydrogens (tertiary/aromatic N) is 1. The van der Waals surface area contributed by atoms with Crippen molar-refractivity contribution in [3.8, 4) is 0 Å². The van der Waals surface area contributed by atoms with Gasteiger partial charge in [0.1, 0.15) is 0 Å². The van der Waals surface area contributed by atoms with E-state index in [1.807, 2.05) is 24.4 Å². The number of rotatable bonds is 7. The van der Waals surface area contributed by atoms with E-state index in [2.05, 4.69) is 0 Å². The van der Waals surface area contributed by atoms with E-state index in [4.69, 9.17) is 4.74 Å². The minimum atomic E-state index is -3.19. The molecule has 1 aromatic heterocycles. The minimum Gasteiger partial charge on any atom is -0.378 e. The van der Waals surface area contributed by atoms with Gasteiger partial charge in [-0.05, 0) is 44.1 Å². The third-order valence-corrected chi connectivity index (χ3v) is 6.75. The molecule has 20 heavy (non-hydrogen) atoms. The van der Waals surface area contributed by atoms with Gasteiger partial charge in [0.25, 0.3) is 0 Å². The Morgan fingerprint density at radius 2 is 2.35 bits per heavy atom. The number of hydrogen-bond donors (Lipinski definition) is 0. The molecule has 1 aliphatic heterocycles. The molecular formula is C14H23NO3S2. The summed E-state index contributed by atoms with van der Waals surface area (Å²) in [5, 5.41) is 2.02. The van der Waals surface area contributed by atoms with Crippen LogP contribution in [0.3, 0.4) is 0 Å². The highest BCUT2D eigenvalue weighted by Gasteiger charge is 2.26. The summed E-state index contributed by atoms with van der Waals surface area (Å²) in [6, 6.07) is 4.04. The lowest BCUT2D eigenvalue weighted by molar-refractivity contribution is 0.108. The van der Waals surface area contributed by atoms with E-state index in [0.29, 0.717) is 6.42 Å². The lowest BCUT2D eigenvalue weighted by Gasteiger charge is -2.24. The van der Waals surface area contributed by atoms with Crippen LogP contribution >= 0.6 is 11.3 Å². The third-order valence-electron chi connectivity index (χ3n) is 3.86. The Kier molecular flexibility index (Phi) is 5.60. The summed E-state index contributed by atoms with van der Waals surface area (Å²) in [6.45, 7) is 2.73. The molecule has 6 heteroatoms. The Morgan fingerprint density at radius 3 is 2.95 bits per heavy atom. The molecule has 0 N–H and O–H groups in total. The number of sulfonamides is 1. The zero-order valence-corrected chi connectivity index (χ0v) is 13.8. The fraction of sp³-hybridized carbons (Fsp3) is 0.714. The minimum absolute atomic E-state index is 0.0110.